The summed E-state index contributed by atoms with van der Waals surface area (Å²) in [5.41, 5.74) is 1.11. The van der Waals surface area contributed by atoms with Crippen LogP contribution in [0, 0.1) is 5.92 Å². The summed E-state index contributed by atoms with van der Waals surface area (Å²) in [4.78, 5) is 37.1. The molecule has 0 radical (unpaired) electrons. The first-order valence-corrected chi connectivity index (χ1v) is 13.9. The molecule has 0 saturated carbocycles. The number of carbonyl (C=O) groups is 3. The van der Waals surface area contributed by atoms with Crippen molar-refractivity contribution >= 4 is 27.7 Å². The van der Waals surface area contributed by atoms with Gasteiger partial charge in [0.15, 0.2) is 9.84 Å². The Morgan fingerprint density at radius 1 is 0.848 bits per heavy atom. The number of alkyl halides is 9. The van der Waals surface area contributed by atoms with Crippen LogP contribution in [0.2, 0.25) is 0 Å². The average molecular weight is 702 g/mol. The largest absolute Gasteiger partial charge is 0.490 e. The van der Waals surface area contributed by atoms with Crippen LogP contribution in [0.15, 0.2) is 48.9 Å². The van der Waals surface area contributed by atoms with E-state index in [4.69, 9.17) is 34.4 Å². The standard InChI is InChI=1S/C18H21N3O3S.3C2HF3O2/c22-25(23)9-6-16(12-24-17-5-1-2-8-20-17)18(25)13-21(14-18)11-15-4-3-7-19-10-15;3*3-2(4,5)1(6)7/h1-5,7-8,10,16H,6,9,11-14H2;3*(H,6,7). The lowest BCUT2D eigenvalue weighted by molar-refractivity contribution is -0.193. The third-order valence-electron chi connectivity index (χ3n) is 6.01. The highest BCUT2D eigenvalue weighted by Gasteiger charge is 2.61. The van der Waals surface area contributed by atoms with Crippen molar-refractivity contribution < 1.29 is 82.4 Å². The molecule has 0 amide bonds. The Morgan fingerprint density at radius 2 is 1.35 bits per heavy atom. The second kappa shape index (κ2) is 15.9. The van der Waals surface area contributed by atoms with Crippen LogP contribution in [0.5, 0.6) is 5.88 Å². The van der Waals surface area contributed by atoms with Crippen molar-refractivity contribution in [2.24, 2.45) is 5.92 Å². The molecule has 0 aliphatic carbocycles. The summed E-state index contributed by atoms with van der Waals surface area (Å²) in [6, 6.07) is 9.41. The maximum absolute atomic E-state index is 12.7. The molecule has 46 heavy (non-hydrogen) atoms. The number of likely N-dealkylation sites (tertiary alicyclic amines) is 1. The number of pyridine rings is 2. The monoisotopic (exact) mass is 701 g/mol. The van der Waals surface area contributed by atoms with Crippen molar-refractivity contribution in [2.75, 3.05) is 25.4 Å². The molecular weight excluding hydrogens is 677 g/mol. The zero-order chi connectivity index (χ0) is 35.6. The topological polar surface area (TPSA) is 184 Å². The zero-order valence-corrected chi connectivity index (χ0v) is 23.7. The van der Waals surface area contributed by atoms with Gasteiger partial charge in [-0.15, -0.1) is 0 Å². The van der Waals surface area contributed by atoms with Gasteiger partial charge in [-0.25, -0.2) is 27.8 Å². The first-order chi connectivity index (χ1) is 20.9. The molecule has 0 bridgehead atoms. The van der Waals surface area contributed by atoms with Gasteiger partial charge in [0.05, 0.1) is 12.4 Å². The van der Waals surface area contributed by atoms with Crippen molar-refractivity contribution in [1.82, 2.24) is 14.9 Å². The lowest BCUT2D eigenvalue weighted by Crippen LogP contribution is -2.67. The number of aliphatic carboxylic acids is 3. The number of nitrogens with zero attached hydrogens (tertiary/aromatic N) is 3. The Bertz CT molecular complexity index is 1340. The fourth-order valence-corrected chi connectivity index (χ4v) is 6.35. The van der Waals surface area contributed by atoms with Crippen LogP contribution >= 0.6 is 0 Å². The summed E-state index contributed by atoms with van der Waals surface area (Å²) in [7, 11) is -3.09. The summed E-state index contributed by atoms with van der Waals surface area (Å²) < 4.78 is 126. The molecule has 0 aromatic carbocycles. The number of hydrogen-bond acceptors (Lipinski definition) is 9. The van der Waals surface area contributed by atoms with Crippen LogP contribution in [0.25, 0.3) is 0 Å². The molecule has 2 fully saturated rings. The number of ether oxygens (including phenoxy) is 1. The van der Waals surface area contributed by atoms with E-state index in [2.05, 4.69) is 14.9 Å². The number of carboxylic acids is 3. The fourth-order valence-electron chi connectivity index (χ4n) is 3.90. The Labute approximate surface area is 253 Å². The first-order valence-electron chi connectivity index (χ1n) is 12.2. The average Bonchev–Trinajstić information content (AvgIpc) is 3.18. The van der Waals surface area contributed by atoms with Gasteiger partial charge < -0.3 is 20.1 Å². The molecule has 1 spiro atoms. The second-order valence-corrected chi connectivity index (χ2v) is 11.7. The molecular formula is C24H24F9N3O9S. The number of aromatic nitrogens is 2. The number of rotatable bonds is 5. The normalized spacial score (nSPS) is 18.2. The van der Waals surface area contributed by atoms with Gasteiger partial charge >= 0.3 is 36.4 Å². The molecule has 12 nitrogen and oxygen atoms in total. The van der Waals surface area contributed by atoms with E-state index in [1.807, 2.05) is 30.5 Å². The van der Waals surface area contributed by atoms with Gasteiger partial charge in [0.1, 0.15) is 4.75 Å². The SMILES string of the molecule is O=C(O)C(F)(F)F.O=C(O)C(F)(F)F.O=C(O)C(F)(F)F.O=S1(=O)CCC(COc2ccccn2)C12CN(Cc1cccnc1)C2. The minimum atomic E-state index is -5.08. The third-order valence-corrected chi connectivity index (χ3v) is 8.61. The van der Waals surface area contributed by atoms with Gasteiger partial charge in [0.25, 0.3) is 0 Å². The molecule has 2 aromatic heterocycles. The van der Waals surface area contributed by atoms with E-state index < -0.39 is 51.0 Å². The predicted octanol–water partition coefficient (Wildman–Crippen LogP) is 3.44. The van der Waals surface area contributed by atoms with Gasteiger partial charge in [-0.2, -0.15) is 39.5 Å². The first kappa shape index (κ1) is 39.8. The third kappa shape index (κ3) is 12.3. The van der Waals surface area contributed by atoms with E-state index in [0.29, 0.717) is 32.0 Å². The van der Waals surface area contributed by atoms with Crippen LogP contribution in [-0.4, -0.2) is 105 Å². The maximum Gasteiger partial charge on any atom is 0.490 e. The molecule has 4 heterocycles. The lowest BCUT2D eigenvalue weighted by Gasteiger charge is -2.49. The lowest BCUT2D eigenvalue weighted by atomic mass is 9.83. The smallest absolute Gasteiger partial charge is 0.477 e. The van der Waals surface area contributed by atoms with Crippen LogP contribution in [0.3, 0.4) is 0 Å². The number of hydrogen-bond donors (Lipinski definition) is 3. The molecule has 2 aliphatic rings. The summed E-state index contributed by atoms with van der Waals surface area (Å²) in [5, 5.41) is 21.4. The van der Waals surface area contributed by atoms with Crippen LogP contribution < -0.4 is 4.74 Å². The summed E-state index contributed by atoms with van der Waals surface area (Å²) in [6.07, 6.45) is -9.34. The van der Waals surface area contributed by atoms with E-state index in [1.54, 1.807) is 18.5 Å². The van der Waals surface area contributed by atoms with Gasteiger partial charge in [-0.3, -0.25) is 9.88 Å². The van der Waals surface area contributed by atoms with Gasteiger partial charge in [-0.1, -0.05) is 12.1 Å². The van der Waals surface area contributed by atoms with Crippen molar-refractivity contribution in [3.8, 4) is 5.88 Å². The number of halogens is 9. The van der Waals surface area contributed by atoms with E-state index in [0.717, 1.165) is 12.1 Å². The van der Waals surface area contributed by atoms with Crippen molar-refractivity contribution in [3.63, 3.8) is 0 Å². The van der Waals surface area contributed by atoms with Crippen molar-refractivity contribution in [1.29, 1.82) is 0 Å². The number of sulfone groups is 1. The molecule has 258 valence electrons. The van der Waals surface area contributed by atoms with E-state index in [-0.39, 0.29) is 11.7 Å². The Kier molecular flexibility index (Phi) is 13.7. The highest BCUT2D eigenvalue weighted by atomic mass is 32.2. The van der Waals surface area contributed by atoms with Crippen molar-refractivity contribution in [3.05, 3.63) is 54.5 Å². The van der Waals surface area contributed by atoms with Gasteiger partial charge in [0.2, 0.25) is 5.88 Å². The van der Waals surface area contributed by atoms with Crippen molar-refractivity contribution in [2.45, 2.75) is 36.2 Å². The van der Waals surface area contributed by atoms with E-state index in [9.17, 15) is 47.9 Å². The number of carboxylic acid groups (broad SMARTS) is 3. The van der Waals surface area contributed by atoms with Gasteiger partial charge in [0, 0.05) is 50.2 Å². The summed E-state index contributed by atoms with van der Waals surface area (Å²) in [5.74, 6) is -7.45. The minimum absolute atomic E-state index is 0.0182. The molecule has 2 aliphatic heterocycles. The molecule has 3 N–H and O–H groups in total. The molecule has 2 saturated heterocycles. The molecule has 22 heteroatoms. The molecule has 1 unspecified atom stereocenters. The fraction of sp³-hybridized carbons (Fsp3) is 0.458. The van der Waals surface area contributed by atoms with E-state index >= 15 is 0 Å². The van der Waals surface area contributed by atoms with Crippen LogP contribution in [0.1, 0.15) is 12.0 Å². The predicted molar refractivity (Wildman–Crippen MR) is 135 cm³/mol. The summed E-state index contributed by atoms with van der Waals surface area (Å²) >= 11 is 0. The highest BCUT2D eigenvalue weighted by molar-refractivity contribution is 7.93. The Balaban J connectivity index is 0.000000413. The highest BCUT2D eigenvalue weighted by Crippen LogP contribution is 2.45. The van der Waals surface area contributed by atoms with Gasteiger partial charge in [-0.05, 0) is 24.1 Å². The summed E-state index contributed by atoms with van der Waals surface area (Å²) in [6.45, 7) is 2.27. The van der Waals surface area contributed by atoms with E-state index in [1.165, 1.54) is 0 Å². The Hall–Kier alpha value is -4.21. The zero-order valence-electron chi connectivity index (χ0n) is 22.9. The molecule has 2 aromatic rings. The Morgan fingerprint density at radius 3 is 1.74 bits per heavy atom. The van der Waals surface area contributed by atoms with Crippen LogP contribution in [-0.2, 0) is 30.8 Å². The molecule has 1 atom stereocenters. The quantitative estimate of drug-likeness (QED) is 0.387. The second-order valence-electron chi connectivity index (χ2n) is 9.26. The van der Waals surface area contributed by atoms with Crippen LogP contribution in [0.4, 0.5) is 39.5 Å². The minimum Gasteiger partial charge on any atom is -0.477 e. The maximum atomic E-state index is 12.7. The molecule has 4 rings (SSSR count).